The molecule has 0 saturated carbocycles. The number of unbranched alkanes of at least 4 members (excludes halogenated alkanes) is 1. The van der Waals surface area contributed by atoms with Gasteiger partial charge in [0.1, 0.15) is 67.3 Å². The van der Waals surface area contributed by atoms with Gasteiger partial charge in [-0.3, -0.25) is 4.89 Å². The summed E-state index contributed by atoms with van der Waals surface area (Å²) in [6.45, 7) is -1.35. The van der Waals surface area contributed by atoms with Crippen molar-refractivity contribution in [3.8, 4) is 0 Å². The highest BCUT2D eigenvalue weighted by Crippen LogP contribution is 2.33. The third kappa shape index (κ3) is 5.96. The van der Waals surface area contributed by atoms with Crippen LogP contribution in [0.5, 0.6) is 0 Å². The summed E-state index contributed by atoms with van der Waals surface area (Å²) >= 11 is 0. The Kier molecular flexibility index (Phi) is 10.8. The summed E-state index contributed by atoms with van der Waals surface area (Å²) in [4.78, 5) is 17.2. The summed E-state index contributed by atoms with van der Waals surface area (Å²) in [5, 5.41) is 90.0. The lowest BCUT2D eigenvalue weighted by molar-refractivity contribution is -0.333. The molecule has 0 amide bonds. The average molecular weight is 486 g/mol. The number of nitrogens with zero attached hydrogens (tertiary/aromatic N) is 1. The Morgan fingerprint density at radius 3 is 1.64 bits per heavy atom. The van der Waals surface area contributed by atoms with E-state index in [2.05, 4.69) is 4.89 Å². The monoisotopic (exact) mass is 486 g/mol. The normalized spacial score (nSPS) is 40.6. The molecule has 0 aromatic carbocycles. The van der Waals surface area contributed by atoms with Gasteiger partial charge in [-0.05, 0) is 19.4 Å². The smallest absolute Gasteiger partial charge is 0.359 e. The van der Waals surface area contributed by atoms with Gasteiger partial charge in [-0.25, -0.2) is 9.69 Å². The first-order valence-corrected chi connectivity index (χ1v) is 10.6. The lowest BCUT2D eigenvalue weighted by Gasteiger charge is -2.52. The molecule has 15 heteroatoms. The Morgan fingerprint density at radius 2 is 1.27 bits per heavy atom. The van der Waals surface area contributed by atoms with E-state index in [-0.39, 0.29) is 19.4 Å². The predicted octanol–water partition coefficient (Wildman–Crippen LogP) is -5.60. The number of ether oxygens (including phenoxy) is 2. The van der Waals surface area contributed by atoms with Crippen LogP contribution in [0.25, 0.3) is 0 Å². The largest absolute Gasteiger partial charge is 0.394 e. The van der Waals surface area contributed by atoms with Gasteiger partial charge < -0.3 is 56.1 Å². The zero-order chi connectivity index (χ0) is 24.9. The third-order valence-corrected chi connectivity index (χ3v) is 5.98. The summed E-state index contributed by atoms with van der Waals surface area (Å²) < 4.78 is 11.0. The number of hydrogen-bond acceptors (Lipinski definition) is 15. The van der Waals surface area contributed by atoms with Gasteiger partial charge in [-0.1, -0.05) is 6.42 Å². The van der Waals surface area contributed by atoms with Gasteiger partial charge in [0, 0.05) is 0 Å². The molecule has 11 atom stereocenters. The molecule has 0 spiro atoms. The van der Waals surface area contributed by atoms with Gasteiger partial charge in [0.2, 0.25) is 0 Å². The summed E-state index contributed by atoms with van der Waals surface area (Å²) in [6.07, 6.45) is -16.8. The molecular formula is C18H34N2O13. The van der Waals surface area contributed by atoms with Crippen LogP contribution in [0.2, 0.25) is 0 Å². The van der Waals surface area contributed by atoms with E-state index in [1.165, 1.54) is 0 Å². The molecule has 2 aliphatic rings. The molecule has 0 bridgehead atoms. The van der Waals surface area contributed by atoms with E-state index in [0.717, 1.165) is 4.90 Å². The van der Waals surface area contributed by atoms with Crippen LogP contribution in [0.15, 0.2) is 0 Å². The first kappa shape index (κ1) is 28.2. The van der Waals surface area contributed by atoms with Crippen molar-refractivity contribution in [1.29, 1.82) is 0 Å². The molecule has 0 radical (unpaired) electrons. The van der Waals surface area contributed by atoms with Gasteiger partial charge in [0.15, 0.2) is 0 Å². The third-order valence-electron chi connectivity index (χ3n) is 5.98. The number of nitrogens with two attached hydrogens (primary N) is 1. The summed E-state index contributed by atoms with van der Waals surface area (Å²) in [5.74, 6) is -1.28. The summed E-state index contributed by atoms with van der Waals surface area (Å²) in [7, 11) is 0. The highest BCUT2D eigenvalue weighted by atomic mass is 17.1. The van der Waals surface area contributed by atoms with Crippen molar-refractivity contribution in [2.75, 3.05) is 19.8 Å². The molecule has 2 saturated heterocycles. The minimum absolute atomic E-state index is 0.0966. The molecule has 0 aliphatic carbocycles. The molecular weight excluding hydrogens is 452 g/mol. The number of hydrogen-bond donors (Lipinski definition) is 10. The van der Waals surface area contributed by atoms with Crippen LogP contribution in [-0.4, -0.2) is 144 Å². The van der Waals surface area contributed by atoms with Crippen LogP contribution in [0.4, 0.5) is 0 Å². The molecule has 11 N–H and O–H groups in total. The van der Waals surface area contributed by atoms with Gasteiger partial charge in [0.25, 0.3) is 0 Å². The lowest BCUT2D eigenvalue weighted by Crippen LogP contribution is -2.72. The van der Waals surface area contributed by atoms with Gasteiger partial charge >= 0.3 is 5.97 Å². The fraction of sp³-hybridized carbons (Fsp3) is 0.944. The van der Waals surface area contributed by atoms with E-state index < -0.39 is 86.5 Å². The van der Waals surface area contributed by atoms with Gasteiger partial charge in [-0.15, -0.1) is 0 Å². The van der Waals surface area contributed by atoms with Crippen LogP contribution in [-0.2, 0) is 19.2 Å². The van der Waals surface area contributed by atoms with Crippen molar-refractivity contribution in [2.45, 2.75) is 86.6 Å². The van der Waals surface area contributed by atoms with E-state index in [1.807, 2.05) is 0 Å². The molecule has 194 valence electrons. The van der Waals surface area contributed by atoms with E-state index in [0.29, 0.717) is 6.42 Å². The van der Waals surface area contributed by atoms with Crippen LogP contribution in [0.1, 0.15) is 19.3 Å². The Bertz CT molecular complexity index is 576. The Balaban J connectivity index is 2.53. The van der Waals surface area contributed by atoms with Crippen LogP contribution < -0.4 is 5.73 Å². The Hall–Kier alpha value is -1.05. The van der Waals surface area contributed by atoms with Gasteiger partial charge in [0.05, 0.1) is 13.2 Å². The summed E-state index contributed by atoms with van der Waals surface area (Å²) in [6, 6.07) is -1.52. The van der Waals surface area contributed by atoms with E-state index in [1.54, 1.807) is 0 Å². The van der Waals surface area contributed by atoms with Crippen LogP contribution in [0.3, 0.4) is 0 Å². The first-order chi connectivity index (χ1) is 15.6. The fourth-order valence-electron chi connectivity index (χ4n) is 4.09. The molecule has 2 fully saturated rings. The van der Waals surface area contributed by atoms with Crippen LogP contribution >= 0.6 is 0 Å². The van der Waals surface area contributed by atoms with E-state index in [9.17, 15) is 45.6 Å². The SMILES string of the molecule is NCCCC[C@@H](C(=O)OO)N(C1O[C@H](CO)[C@H](O)[C@H](O)[C@H]1O)C1O[C@H](CO)[C@@H](O)[C@H](O)[C@H]1O. The van der Waals surface area contributed by atoms with E-state index >= 15 is 0 Å². The molecule has 0 aromatic rings. The summed E-state index contributed by atoms with van der Waals surface area (Å²) in [5.41, 5.74) is 5.48. The minimum Gasteiger partial charge on any atom is -0.394 e. The molecule has 0 aromatic heterocycles. The Morgan fingerprint density at radius 1 is 0.818 bits per heavy atom. The number of aliphatic hydroxyl groups is 8. The number of carbonyl (C=O) groups is 1. The second kappa shape index (κ2) is 12.6. The van der Waals surface area contributed by atoms with Crippen molar-refractivity contribution < 1.29 is 65.3 Å². The molecule has 2 heterocycles. The van der Waals surface area contributed by atoms with Crippen molar-refractivity contribution in [3.63, 3.8) is 0 Å². The lowest BCUT2D eigenvalue weighted by atomic mass is 9.93. The number of rotatable bonds is 10. The van der Waals surface area contributed by atoms with Gasteiger partial charge in [-0.2, -0.15) is 5.26 Å². The minimum atomic E-state index is -1.93. The second-order valence-corrected chi connectivity index (χ2v) is 8.10. The standard InChI is InChI=1S/C18H34N2O13/c19-4-2-1-3-7(18(29)33-30)20(16-14(27)12(25)10(23)8(5-21)31-16)17-15(28)13(26)11(24)9(6-22)32-17/h7-17,21-28,30H,1-6,19H2/t7-,8+,9+,10-,11+,12-,13-,14+,15+,16?,17?/m0/s1. The highest BCUT2D eigenvalue weighted by molar-refractivity contribution is 5.75. The number of carbonyl (C=O) groups excluding carboxylic acids is 1. The first-order valence-electron chi connectivity index (χ1n) is 10.6. The topological polar surface area (TPSA) is 256 Å². The van der Waals surface area contributed by atoms with Crippen molar-refractivity contribution in [1.82, 2.24) is 4.90 Å². The molecule has 2 aliphatic heterocycles. The highest BCUT2D eigenvalue weighted by Gasteiger charge is 2.55. The maximum Gasteiger partial charge on any atom is 0.359 e. The quantitative estimate of drug-likeness (QED) is 0.0784. The molecule has 2 unspecified atom stereocenters. The second-order valence-electron chi connectivity index (χ2n) is 8.10. The average Bonchev–Trinajstić information content (AvgIpc) is 2.82. The Labute approximate surface area is 189 Å². The maximum absolute atomic E-state index is 12.5. The zero-order valence-electron chi connectivity index (χ0n) is 17.8. The molecule has 15 nitrogen and oxygen atoms in total. The maximum atomic E-state index is 12.5. The van der Waals surface area contributed by atoms with Crippen molar-refractivity contribution in [3.05, 3.63) is 0 Å². The van der Waals surface area contributed by atoms with Crippen molar-refractivity contribution >= 4 is 5.97 Å². The predicted molar refractivity (Wildman–Crippen MR) is 105 cm³/mol. The molecule has 2 rings (SSSR count). The number of aliphatic hydroxyl groups excluding tert-OH is 8. The van der Waals surface area contributed by atoms with E-state index in [4.69, 9.17) is 20.5 Å². The van der Waals surface area contributed by atoms with Crippen molar-refractivity contribution in [2.24, 2.45) is 5.73 Å². The zero-order valence-corrected chi connectivity index (χ0v) is 17.8. The fourth-order valence-corrected chi connectivity index (χ4v) is 4.09. The van der Waals surface area contributed by atoms with Crippen LogP contribution in [0, 0.1) is 0 Å². The molecule has 33 heavy (non-hydrogen) atoms.